The Kier molecular flexibility index (Phi) is 6.44. The highest BCUT2D eigenvalue weighted by molar-refractivity contribution is 6.29. The zero-order valence-electron chi connectivity index (χ0n) is 10.9. The van der Waals surface area contributed by atoms with E-state index in [-0.39, 0.29) is 18.2 Å². The van der Waals surface area contributed by atoms with Crippen LogP contribution in [0.25, 0.3) is 0 Å². The quantitative estimate of drug-likeness (QED) is 0.534. The molecule has 0 saturated heterocycles. The Hall–Kier alpha value is -1.63. The lowest BCUT2D eigenvalue weighted by molar-refractivity contribution is -0.144. The first-order chi connectivity index (χ1) is 9.47. The Balaban J connectivity index is 2.67. The number of halogens is 1. The van der Waals surface area contributed by atoms with Gasteiger partial charge >= 0.3 is 5.97 Å². The Labute approximate surface area is 121 Å². The van der Waals surface area contributed by atoms with E-state index in [4.69, 9.17) is 11.6 Å². The zero-order chi connectivity index (χ0) is 15.1. The number of aliphatic hydroxyl groups is 2. The maximum absolute atomic E-state index is 11.1. The molecular weight excluding hydrogens is 286 g/mol. The summed E-state index contributed by atoms with van der Waals surface area (Å²) in [6.45, 7) is 0. The van der Waals surface area contributed by atoms with Gasteiger partial charge in [-0.25, -0.2) is 0 Å². The van der Waals surface area contributed by atoms with Gasteiger partial charge in [-0.05, 0) is 17.7 Å². The van der Waals surface area contributed by atoms with E-state index in [1.165, 1.54) is 19.2 Å². The van der Waals surface area contributed by atoms with Gasteiger partial charge in [0.1, 0.15) is 12.0 Å². The number of anilines is 1. The first kappa shape index (κ1) is 16.4. The summed E-state index contributed by atoms with van der Waals surface area (Å²) in [5.74, 6) is -1.10. The summed E-state index contributed by atoms with van der Waals surface area (Å²) >= 11 is 5.36. The predicted molar refractivity (Wildman–Crippen MR) is 73.4 cm³/mol. The lowest BCUT2D eigenvalue weighted by Crippen LogP contribution is -2.22. The Morgan fingerprint density at radius 3 is 2.40 bits per heavy atom. The van der Waals surface area contributed by atoms with Crippen molar-refractivity contribution in [2.24, 2.45) is 0 Å². The average Bonchev–Trinajstić information content (AvgIpc) is 2.46. The molecule has 1 aromatic carbocycles. The van der Waals surface area contributed by atoms with Gasteiger partial charge in [0.25, 0.3) is 0 Å². The van der Waals surface area contributed by atoms with E-state index in [1.54, 1.807) is 12.1 Å². The third-order valence-electron chi connectivity index (χ3n) is 2.63. The monoisotopic (exact) mass is 301 g/mol. The fraction of sp³-hybridized carbons (Fsp3) is 0.385. The number of hydrogen-bond acceptors (Lipinski definition) is 5. The number of alkyl halides is 1. The fourth-order valence-corrected chi connectivity index (χ4v) is 1.61. The van der Waals surface area contributed by atoms with Crippen LogP contribution in [0.1, 0.15) is 18.1 Å². The van der Waals surface area contributed by atoms with Gasteiger partial charge in [0.05, 0.1) is 19.6 Å². The summed E-state index contributed by atoms with van der Waals surface area (Å²) in [7, 11) is 1.20. The van der Waals surface area contributed by atoms with E-state index in [0.717, 1.165) is 0 Å². The number of carbonyl (C=O) groups is 2. The molecule has 0 aliphatic heterocycles. The SMILES string of the molecule is COC(=O)CC(O)C(O)c1ccc(NC(=O)CCl)cc1. The molecule has 0 fully saturated rings. The summed E-state index contributed by atoms with van der Waals surface area (Å²) in [6.07, 6.45) is -2.78. The van der Waals surface area contributed by atoms with Crippen LogP contribution in [-0.2, 0) is 14.3 Å². The number of benzene rings is 1. The fourth-order valence-electron chi connectivity index (χ4n) is 1.55. The van der Waals surface area contributed by atoms with E-state index in [9.17, 15) is 19.8 Å². The highest BCUT2D eigenvalue weighted by atomic mass is 35.5. The minimum Gasteiger partial charge on any atom is -0.469 e. The van der Waals surface area contributed by atoms with Crippen molar-refractivity contribution in [3.8, 4) is 0 Å². The molecule has 0 aliphatic rings. The normalized spacial score (nSPS) is 13.4. The van der Waals surface area contributed by atoms with Crippen LogP contribution < -0.4 is 5.32 Å². The maximum atomic E-state index is 11.1. The summed E-state index contributed by atoms with van der Waals surface area (Å²) in [5, 5.41) is 22.1. The highest BCUT2D eigenvalue weighted by Gasteiger charge is 2.21. The van der Waals surface area contributed by atoms with Gasteiger partial charge in [0.2, 0.25) is 5.91 Å². The molecule has 0 radical (unpaired) electrons. The number of rotatable bonds is 6. The molecule has 110 valence electrons. The topological polar surface area (TPSA) is 95.9 Å². The summed E-state index contributed by atoms with van der Waals surface area (Å²) < 4.78 is 4.41. The van der Waals surface area contributed by atoms with Gasteiger partial charge in [-0.1, -0.05) is 12.1 Å². The molecule has 2 unspecified atom stereocenters. The molecule has 0 aromatic heterocycles. The minimum absolute atomic E-state index is 0.151. The number of ether oxygens (including phenoxy) is 1. The summed E-state index contributed by atoms with van der Waals surface area (Å²) in [5.41, 5.74) is 0.944. The van der Waals surface area contributed by atoms with Crippen LogP contribution in [0.15, 0.2) is 24.3 Å². The van der Waals surface area contributed by atoms with Crippen LogP contribution in [0, 0.1) is 0 Å². The summed E-state index contributed by atoms with van der Waals surface area (Å²) in [6, 6.07) is 6.20. The van der Waals surface area contributed by atoms with Crippen LogP contribution in [0.4, 0.5) is 5.69 Å². The Morgan fingerprint density at radius 1 is 1.30 bits per heavy atom. The number of methoxy groups -OCH3 is 1. The van der Waals surface area contributed by atoms with Crippen molar-refractivity contribution in [3.63, 3.8) is 0 Å². The molecule has 20 heavy (non-hydrogen) atoms. The van der Waals surface area contributed by atoms with E-state index < -0.39 is 18.2 Å². The van der Waals surface area contributed by atoms with Crippen molar-refractivity contribution in [3.05, 3.63) is 29.8 Å². The lowest BCUT2D eigenvalue weighted by atomic mass is 10.0. The van der Waals surface area contributed by atoms with Gasteiger partial charge in [0.15, 0.2) is 0 Å². The van der Waals surface area contributed by atoms with Gasteiger partial charge in [-0.15, -0.1) is 11.6 Å². The van der Waals surface area contributed by atoms with Crippen molar-refractivity contribution in [1.29, 1.82) is 0 Å². The molecule has 0 spiro atoms. The van der Waals surface area contributed by atoms with Crippen molar-refractivity contribution < 1.29 is 24.5 Å². The molecule has 6 nitrogen and oxygen atoms in total. The summed E-state index contributed by atoms with van der Waals surface area (Å²) in [4.78, 5) is 22.1. The molecule has 7 heteroatoms. The molecule has 0 bridgehead atoms. The smallest absolute Gasteiger partial charge is 0.308 e. The molecule has 1 amide bonds. The van der Waals surface area contributed by atoms with Crippen LogP contribution in [0.5, 0.6) is 0 Å². The first-order valence-electron chi connectivity index (χ1n) is 5.86. The third-order valence-corrected chi connectivity index (χ3v) is 2.87. The molecule has 1 aromatic rings. The standard InChI is InChI=1S/C13H16ClNO5/c1-20-12(18)6-10(16)13(19)8-2-4-9(5-3-8)15-11(17)7-14/h2-5,10,13,16,19H,6-7H2,1H3,(H,15,17). The lowest BCUT2D eigenvalue weighted by Gasteiger charge is -2.17. The molecule has 3 N–H and O–H groups in total. The number of hydrogen-bond donors (Lipinski definition) is 3. The van der Waals surface area contributed by atoms with Crippen LogP contribution in [0.2, 0.25) is 0 Å². The van der Waals surface area contributed by atoms with Gasteiger partial charge in [-0.3, -0.25) is 9.59 Å². The number of nitrogens with one attached hydrogen (secondary N) is 1. The van der Waals surface area contributed by atoms with Crippen LogP contribution in [0.3, 0.4) is 0 Å². The average molecular weight is 302 g/mol. The zero-order valence-corrected chi connectivity index (χ0v) is 11.6. The second-order valence-electron chi connectivity index (χ2n) is 4.10. The van der Waals surface area contributed by atoms with Gasteiger partial charge in [0, 0.05) is 5.69 Å². The van der Waals surface area contributed by atoms with Crippen LogP contribution in [-0.4, -0.2) is 41.2 Å². The largest absolute Gasteiger partial charge is 0.469 e. The number of esters is 1. The van der Waals surface area contributed by atoms with E-state index in [1.807, 2.05) is 0 Å². The van der Waals surface area contributed by atoms with Gasteiger partial charge < -0.3 is 20.3 Å². The Morgan fingerprint density at radius 2 is 1.90 bits per heavy atom. The molecule has 0 aliphatic carbocycles. The molecule has 1 rings (SSSR count). The maximum Gasteiger partial charge on any atom is 0.308 e. The predicted octanol–water partition coefficient (Wildman–Crippen LogP) is 0.821. The van der Waals surface area contributed by atoms with Crippen molar-refractivity contribution in [2.75, 3.05) is 18.3 Å². The Bertz CT molecular complexity index is 462. The van der Waals surface area contributed by atoms with Crippen LogP contribution >= 0.6 is 11.6 Å². The van der Waals surface area contributed by atoms with E-state index in [0.29, 0.717) is 11.3 Å². The number of carbonyl (C=O) groups excluding carboxylic acids is 2. The van der Waals surface area contributed by atoms with Gasteiger partial charge in [-0.2, -0.15) is 0 Å². The van der Waals surface area contributed by atoms with E-state index >= 15 is 0 Å². The van der Waals surface area contributed by atoms with Crippen molar-refractivity contribution in [1.82, 2.24) is 0 Å². The van der Waals surface area contributed by atoms with Crippen molar-refractivity contribution >= 4 is 29.2 Å². The molecular formula is C13H16ClNO5. The first-order valence-corrected chi connectivity index (χ1v) is 6.40. The molecule has 0 heterocycles. The second-order valence-corrected chi connectivity index (χ2v) is 4.36. The van der Waals surface area contributed by atoms with Crippen molar-refractivity contribution in [2.45, 2.75) is 18.6 Å². The third kappa shape index (κ3) is 4.80. The second kappa shape index (κ2) is 7.84. The number of amides is 1. The molecule has 2 atom stereocenters. The number of aliphatic hydroxyl groups excluding tert-OH is 2. The minimum atomic E-state index is -1.26. The molecule has 0 saturated carbocycles. The van der Waals surface area contributed by atoms with E-state index in [2.05, 4.69) is 10.1 Å². The highest BCUT2D eigenvalue weighted by Crippen LogP contribution is 2.21.